The number of hydrogen-bond donors (Lipinski definition) is 0. The molecule has 1 unspecified atom stereocenters. The summed E-state index contributed by atoms with van der Waals surface area (Å²) in [4.78, 5) is 0. The van der Waals surface area contributed by atoms with E-state index >= 15 is 0 Å². The Hall–Kier alpha value is -1.05. The van der Waals surface area contributed by atoms with Crippen molar-refractivity contribution in [2.45, 2.75) is 39.7 Å². The first kappa shape index (κ1) is 11.0. The summed E-state index contributed by atoms with van der Waals surface area (Å²) in [6, 6.07) is 4.62. The largest absolute Gasteiger partial charge is 0.490 e. The second-order valence-corrected chi connectivity index (χ2v) is 3.63. The molecule has 0 bridgehead atoms. The highest BCUT2D eigenvalue weighted by Crippen LogP contribution is 2.20. The van der Waals surface area contributed by atoms with Gasteiger partial charge in [0.15, 0.2) is 0 Å². The minimum atomic E-state index is -0.210. The van der Waals surface area contributed by atoms with Crippen molar-refractivity contribution in [3.63, 3.8) is 0 Å². The van der Waals surface area contributed by atoms with Crippen LogP contribution in [0.15, 0.2) is 18.2 Å². The standard InChI is InChI=1S/C12H17FO/c1-4-5-10(3)14-12-7-6-11(13)8-9(12)2/h6-8,10H,4-5H2,1-3H3. The lowest BCUT2D eigenvalue weighted by Crippen LogP contribution is -2.11. The van der Waals surface area contributed by atoms with Crippen molar-refractivity contribution < 1.29 is 9.13 Å². The highest BCUT2D eigenvalue weighted by Gasteiger charge is 2.05. The van der Waals surface area contributed by atoms with Gasteiger partial charge in [-0.25, -0.2) is 4.39 Å². The van der Waals surface area contributed by atoms with Gasteiger partial charge in [-0.2, -0.15) is 0 Å². The van der Waals surface area contributed by atoms with Crippen molar-refractivity contribution in [3.8, 4) is 5.75 Å². The van der Waals surface area contributed by atoms with Crippen LogP contribution < -0.4 is 4.74 Å². The molecule has 1 nitrogen and oxygen atoms in total. The number of rotatable bonds is 4. The lowest BCUT2D eigenvalue weighted by Gasteiger charge is -2.15. The number of ether oxygens (including phenoxy) is 1. The molecule has 14 heavy (non-hydrogen) atoms. The molecule has 1 atom stereocenters. The van der Waals surface area contributed by atoms with E-state index in [0.29, 0.717) is 0 Å². The van der Waals surface area contributed by atoms with Gasteiger partial charge in [0.25, 0.3) is 0 Å². The summed E-state index contributed by atoms with van der Waals surface area (Å²) in [5.74, 6) is 0.574. The van der Waals surface area contributed by atoms with Crippen LogP contribution >= 0.6 is 0 Å². The van der Waals surface area contributed by atoms with Crippen molar-refractivity contribution >= 4 is 0 Å². The van der Waals surface area contributed by atoms with Gasteiger partial charge in [-0.3, -0.25) is 0 Å². The Bertz CT molecular complexity index is 296. The zero-order chi connectivity index (χ0) is 10.6. The van der Waals surface area contributed by atoms with Crippen LogP contribution in [0.5, 0.6) is 5.75 Å². The summed E-state index contributed by atoms with van der Waals surface area (Å²) in [5, 5.41) is 0. The van der Waals surface area contributed by atoms with Crippen LogP contribution in [0.2, 0.25) is 0 Å². The molecule has 2 heteroatoms. The average Bonchev–Trinajstić information content (AvgIpc) is 2.10. The van der Waals surface area contributed by atoms with Gasteiger partial charge in [0.1, 0.15) is 11.6 Å². The SMILES string of the molecule is CCCC(C)Oc1ccc(F)cc1C. The monoisotopic (exact) mass is 196 g/mol. The van der Waals surface area contributed by atoms with E-state index in [9.17, 15) is 4.39 Å². The Labute approximate surface area is 84.9 Å². The van der Waals surface area contributed by atoms with E-state index in [-0.39, 0.29) is 11.9 Å². The Morgan fingerprint density at radius 1 is 1.43 bits per heavy atom. The predicted octanol–water partition coefficient (Wildman–Crippen LogP) is 3.70. The maximum atomic E-state index is 12.8. The molecule has 0 aromatic heterocycles. The van der Waals surface area contributed by atoms with Gasteiger partial charge in [-0.05, 0) is 44.0 Å². The van der Waals surface area contributed by atoms with Crippen molar-refractivity contribution in [3.05, 3.63) is 29.6 Å². The third-order valence-corrected chi connectivity index (χ3v) is 2.16. The molecule has 0 saturated carbocycles. The van der Waals surface area contributed by atoms with Gasteiger partial charge in [0.05, 0.1) is 6.10 Å². The van der Waals surface area contributed by atoms with E-state index in [2.05, 4.69) is 6.92 Å². The van der Waals surface area contributed by atoms with Crippen LogP contribution in [0.3, 0.4) is 0 Å². The molecule has 0 heterocycles. The molecule has 0 N–H and O–H groups in total. The Morgan fingerprint density at radius 2 is 2.14 bits per heavy atom. The molecule has 1 rings (SSSR count). The summed E-state index contributed by atoms with van der Waals surface area (Å²) in [7, 11) is 0. The molecule has 1 aromatic rings. The van der Waals surface area contributed by atoms with Gasteiger partial charge in [0, 0.05) is 0 Å². The van der Waals surface area contributed by atoms with Crippen LogP contribution in [0.25, 0.3) is 0 Å². The van der Waals surface area contributed by atoms with Gasteiger partial charge in [-0.1, -0.05) is 13.3 Å². The van der Waals surface area contributed by atoms with Crippen molar-refractivity contribution in [1.82, 2.24) is 0 Å². The molecule has 0 aliphatic heterocycles. The van der Waals surface area contributed by atoms with Crippen LogP contribution in [-0.4, -0.2) is 6.10 Å². The Morgan fingerprint density at radius 3 is 2.71 bits per heavy atom. The molecular weight excluding hydrogens is 179 g/mol. The maximum absolute atomic E-state index is 12.8. The molecule has 78 valence electrons. The van der Waals surface area contributed by atoms with E-state index in [4.69, 9.17) is 4.74 Å². The Balaban J connectivity index is 2.67. The zero-order valence-corrected chi connectivity index (χ0v) is 9.01. The molecule has 0 aliphatic rings. The van der Waals surface area contributed by atoms with E-state index < -0.39 is 0 Å². The normalized spacial score (nSPS) is 12.6. The molecule has 0 fully saturated rings. The number of hydrogen-bond acceptors (Lipinski definition) is 1. The zero-order valence-electron chi connectivity index (χ0n) is 9.01. The van der Waals surface area contributed by atoms with Gasteiger partial charge >= 0.3 is 0 Å². The lowest BCUT2D eigenvalue weighted by molar-refractivity contribution is 0.208. The van der Waals surface area contributed by atoms with Crippen LogP contribution in [0.4, 0.5) is 4.39 Å². The predicted molar refractivity (Wildman–Crippen MR) is 56.1 cm³/mol. The molecule has 0 spiro atoms. The fourth-order valence-corrected chi connectivity index (χ4v) is 1.43. The third kappa shape index (κ3) is 3.02. The molecule has 0 saturated heterocycles. The topological polar surface area (TPSA) is 9.23 Å². The highest BCUT2D eigenvalue weighted by molar-refractivity contribution is 5.32. The fraction of sp³-hybridized carbons (Fsp3) is 0.500. The summed E-state index contributed by atoms with van der Waals surface area (Å²) >= 11 is 0. The molecule has 1 aromatic carbocycles. The van der Waals surface area contributed by atoms with E-state index in [0.717, 1.165) is 24.2 Å². The van der Waals surface area contributed by atoms with E-state index in [1.54, 1.807) is 6.07 Å². The summed E-state index contributed by atoms with van der Waals surface area (Å²) in [6.07, 6.45) is 2.32. The van der Waals surface area contributed by atoms with Gasteiger partial charge < -0.3 is 4.74 Å². The van der Waals surface area contributed by atoms with Crippen molar-refractivity contribution in [1.29, 1.82) is 0 Å². The first-order chi connectivity index (χ1) is 6.63. The lowest BCUT2D eigenvalue weighted by atomic mass is 10.2. The van der Waals surface area contributed by atoms with Crippen molar-refractivity contribution in [2.75, 3.05) is 0 Å². The smallest absolute Gasteiger partial charge is 0.123 e. The molecule has 0 aliphatic carbocycles. The first-order valence-corrected chi connectivity index (χ1v) is 5.06. The average molecular weight is 196 g/mol. The fourth-order valence-electron chi connectivity index (χ4n) is 1.43. The number of halogens is 1. The highest BCUT2D eigenvalue weighted by atomic mass is 19.1. The maximum Gasteiger partial charge on any atom is 0.123 e. The number of aryl methyl sites for hydroxylation is 1. The van der Waals surface area contributed by atoms with Crippen LogP contribution in [0.1, 0.15) is 32.3 Å². The molecule has 0 amide bonds. The number of benzene rings is 1. The second-order valence-electron chi connectivity index (χ2n) is 3.63. The Kier molecular flexibility index (Phi) is 3.93. The summed E-state index contributed by atoms with van der Waals surface area (Å²) in [6.45, 7) is 6.01. The second kappa shape index (κ2) is 4.99. The minimum Gasteiger partial charge on any atom is -0.490 e. The quantitative estimate of drug-likeness (QED) is 0.713. The van der Waals surface area contributed by atoms with Crippen LogP contribution in [-0.2, 0) is 0 Å². The van der Waals surface area contributed by atoms with Crippen LogP contribution in [0, 0.1) is 12.7 Å². The van der Waals surface area contributed by atoms with E-state index in [1.165, 1.54) is 12.1 Å². The summed E-state index contributed by atoms with van der Waals surface area (Å²) < 4.78 is 18.5. The van der Waals surface area contributed by atoms with Crippen molar-refractivity contribution in [2.24, 2.45) is 0 Å². The molecule has 0 radical (unpaired) electrons. The summed E-state index contributed by atoms with van der Waals surface area (Å²) in [5.41, 5.74) is 0.855. The first-order valence-electron chi connectivity index (χ1n) is 5.06. The van der Waals surface area contributed by atoms with Gasteiger partial charge in [-0.15, -0.1) is 0 Å². The minimum absolute atomic E-state index is 0.198. The van der Waals surface area contributed by atoms with E-state index in [1.807, 2.05) is 13.8 Å². The third-order valence-electron chi connectivity index (χ3n) is 2.16. The molecular formula is C12H17FO. The van der Waals surface area contributed by atoms with Gasteiger partial charge in [0.2, 0.25) is 0 Å².